The van der Waals surface area contributed by atoms with Gasteiger partial charge in [-0.15, -0.1) is 0 Å². The van der Waals surface area contributed by atoms with E-state index < -0.39 is 25.9 Å². The highest BCUT2D eigenvalue weighted by Crippen LogP contribution is 2.47. The molecule has 0 unspecified atom stereocenters. The summed E-state index contributed by atoms with van der Waals surface area (Å²) in [5.74, 6) is 0.562. The van der Waals surface area contributed by atoms with E-state index in [2.05, 4.69) is 0 Å². The van der Waals surface area contributed by atoms with Gasteiger partial charge in [0, 0.05) is 0 Å². The van der Waals surface area contributed by atoms with Crippen molar-refractivity contribution in [3.8, 4) is 5.75 Å². The molecule has 1 heterocycles. The molecule has 1 aliphatic rings. The van der Waals surface area contributed by atoms with E-state index in [0.717, 1.165) is 5.46 Å². The Hall–Kier alpha value is -0.845. The molecular weight excluding hydrogens is 342 g/mol. The number of hydrogen-bond donors (Lipinski definition) is 0. The lowest BCUT2D eigenvalue weighted by atomic mass is 9.79. The van der Waals surface area contributed by atoms with Gasteiger partial charge in [-0.05, 0) is 59.1 Å². The largest absolute Gasteiger partial charge is 0.494 e. The lowest BCUT2D eigenvalue weighted by Gasteiger charge is -2.32. The van der Waals surface area contributed by atoms with Crippen LogP contribution in [0.5, 0.6) is 5.75 Å². The van der Waals surface area contributed by atoms with Crippen molar-refractivity contribution in [2.24, 2.45) is 0 Å². The third-order valence-electron chi connectivity index (χ3n) is 4.42. The van der Waals surface area contributed by atoms with E-state index >= 15 is 0 Å². The molecule has 2 rings (SSSR count). The van der Waals surface area contributed by atoms with E-state index in [4.69, 9.17) is 23.1 Å². The Morgan fingerprint density at radius 2 is 1.60 bits per heavy atom. The summed E-state index contributed by atoms with van der Waals surface area (Å²) in [7, 11) is -3.72. The summed E-state index contributed by atoms with van der Waals surface area (Å²) in [5, 5.41) is 0. The first kappa shape index (κ1) is 20.5. The maximum absolute atomic E-state index is 12.5. The molecule has 0 spiro atoms. The van der Waals surface area contributed by atoms with Crippen molar-refractivity contribution in [3.63, 3.8) is 0 Å². The van der Waals surface area contributed by atoms with Crippen LogP contribution >= 0.6 is 7.60 Å². The summed E-state index contributed by atoms with van der Waals surface area (Å²) >= 11 is 0. The number of benzene rings is 1. The van der Waals surface area contributed by atoms with Crippen molar-refractivity contribution < 1.29 is 27.7 Å². The summed E-state index contributed by atoms with van der Waals surface area (Å²) in [6, 6.07) is 7.38. The van der Waals surface area contributed by atoms with E-state index in [1.807, 2.05) is 45.9 Å². The zero-order valence-electron chi connectivity index (χ0n) is 15.9. The van der Waals surface area contributed by atoms with Crippen molar-refractivity contribution in [3.05, 3.63) is 24.3 Å². The van der Waals surface area contributed by atoms with Gasteiger partial charge in [0.05, 0.1) is 24.4 Å². The third kappa shape index (κ3) is 4.86. The van der Waals surface area contributed by atoms with Crippen molar-refractivity contribution in [2.75, 3.05) is 19.6 Å². The third-order valence-corrected chi connectivity index (χ3v) is 6.17. The fourth-order valence-corrected chi connectivity index (χ4v) is 3.71. The quantitative estimate of drug-likeness (QED) is 0.515. The lowest BCUT2D eigenvalue weighted by Crippen LogP contribution is -2.41. The molecule has 0 atom stereocenters. The van der Waals surface area contributed by atoms with Gasteiger partial charge in [0.25, 0.3) is 0 Å². The lowest BCUT2D eigenvalue weighted by molar-refractivity contribution is 0.00578. The molecule has 25 heavy (non-hydrogen) atoms. The van der Waals surface area contributed by atoms with Gasteiger partial charge in [-0.3, -0.25) is 4.57 Å². The van der Waals surface area contributed by atoms with Gasteiger partial charge < -0.3 is 23.1 Å². The van der Waals surface area contributed by atoms with Crippen LogP contribution in [0.1, 0.15) is 41.5 Å². The van der Waals surface area contributed by atoms with Crippen LogP contribution in [0.25, 0.3) is 0 Å². The molecule has 8 heteroatoms. The highest BCUT2D eigenvalue weighted by Gasteiger charge is 2.51. The molecule has 0 aliphatic carbocycles. The standard InChI is InChI=1S/C17H28BO6P/c1-7-21-25(19,22-8-2)13-20-15-11-9-10-14(12-15)18-23-16(3,4)17(5,6)24-18/h9-12H,7-8,13H2,1-6H3. The second-order valence-corrected chi connectivity index (χ2v) is 8.88. The molecule has 0 aromatic heterocycles. The molecule has 0 bridgehead atoms. The van der Waals surface area contributed by atoms with Crippen LogP contribution in [0.3, 0.4) is 0 Å². The van der Waals surface area contributed by atoms with Crippen molar-refractivity contribution in [1.29, 1.82) is 0 Å². The van der Waals surface area contributed by atoms with E-state index in [0.29, 0.717) is 19.0 Å². The van der Waals surface area contributed by atoms with E-state index in [9.17, 15) is 4.57 Å². The molecule has 1 aromatic rings. The Morgan fingerprint density at radius 1 is 1.04 bits per heavy atom. The summed E-state index contributed by atoms with van der Waals surface area (Å²) in [6.07, 6.45) is -0.137. The molecule has 1 aromatic carbocycles. The molecular formula is C17H28BO6P. The summed E-state index contributed by atoms with van der Waals surface area (Å²) in [6.45, 7) is 12.2. The van der Waals surface area contributed by atoms with Crippen LogP contribution in [0.4, 0.5) is 0 Å². The average Bonchev–Trinajstić information content (AvgIpc) is 2.74. The Kier molecular flexibility index (Phi) is 6.39. The second-order valence-electron chi connectivity index (χ2n) is 6.88. The van der Waals surface area contributed by atoms with Crippen molar-refractivity contribution in [2.45, 2.75) is 52.7 Å². The second kappa shape index (κ2) is 7.81. The average molecular weight is 370 g/mol. The summed E-state index contributed by atoms with van der Waals surface area (Å²) in [5.41, 5.74) is 0.0290. The Labute approximate surface area is 150 Å². The molecule has 1 aliphatic heterocycles. The highest BCUT2D eigenvalue weighted by atomic mass is 31.2. The first-order valence-corrected chi connectivity index (χ1v) is 10.3. The molecule has 0 saturated carbocycles. The fourth-order valence-electron chi connectivity index (χ4n) is 2.39. The minimum absolute atomic E-state index is 0.137. The zero-order valence-corrected chi connectivity index (χ0v) is 16.8. The first-order chi connectivity index (χ1) is 11.6. The predicted molar refractivity (Wildman–Crippen MR) is 98.5 cm³/mol. The van der Waals surface area contributed by atoms with Gasteiger partial charge in [-0.25, -0.2) is 0 Å². The van der Waals surface area contributed by atoms with Crippen LogP contribution in [0.2, 0.25) is 0 Å². The summed E-state index contributed by atoms with van der Waals surface area (Å²) < 4.78 is 40.7. The molecule has 6 nitrogen and oxygen atoms in total. The van der Waals surface area contributed by atoms with Crippen LogP contribution in [-0.2, 0) is 22.9 Å². The monoisotopic (exact) mass is 370 g/mol. The smallest absolute Gasteiger partial charge is 0.481 e. The summed E-state index contributed by atoms with van der Waals surface area (Å²) in [4.78, 5) is 0. The van der Waals surface area contributed by atoms with Gasteiger partial charge >= 0.3 is 14.7 Å². The topological polar surface area (TPSA) is 63.2 Å². The molecule has 1 saturated heterocycles. The maximum Gasteiger partial charge on any atom is 0.494 e. The fraction of sp³-hybridized carbons (Fsp3) is 0.647. The Bertz CT molecular complexity index is 607. The highest BCUT2D eigenvalue weighted by molar-refractivity contribution is 7.53. The molecule has 1 fully saturated rings. The van der Waals surface area contributed by atoms with E-state index in [1.165, 1.54) is 0 Å². The molecule has 0 N–H and O–H groups in total. The van der Waals surface area contributed by atoms with Crippen LogP contribution in [-0.4, -0.2) is 37.9 Å². The minimum Gasteiger partial charge on any atom is -0.481 e. The van der Waals surface area contributed by atoms with Gasteiger partial charge in [-0.1, -0.05) is 12.1 Å². The van der Waals surface area contributed by atoms with Crippen LogP contribution in [0.15, 0.2) is 24.3 Å². The first-order valence-electron chi connectivity index (χ1n) is 8.59. The molecule has 140 valence electrons. The Morgan fingerprint density at radius 3 is 2.12 bits per heavy atom. The maximum atomic E-state index is 12.5. The molecule has 0 amide bonds. The number of hydrogen-bond acceptors (Lipinski definition) is 6. The van der Waals surface area contributed by atoms with Gasteiger partial charge in [0.2, 0.25) is 0 Å². The van der Waals surface area contributed by atoms with E-state index in [1.54, 1.807) is 19.9 Å². The van der Waals surface area contributed by atoms with Gasteiger partial charge in [-0.2, -0.15) is 0 Å². The number of ether oxygens (including phenoxy) is 1. The van der Waals surface area contributed by atoms with Crippen molar-refractivity contribution >= 4 is 20.2 Å². The van der Waals surface area contributed by atoms with Gasteiger partial charge in [0.15, 0.2) is 6.35 Å². The Balaban J connectivity index is 2.08. The minimum atomic E-state index is -3.25. The van der Waals surface area contributed by atoms with Crippen molar-refractivity contribution in [1.82, 2.24) is 0 Å². The predicted octanol–water partition coefficient (Wildman–Crippen LogP) is 3.59. The normalized spacial score (nSPS) is 19.2. The van der Waals surface area contributed by atoms with Crippen LogP contribution in [0, 0.1) is 0 Å². The SMILES string of the molecule is CCOP(=O)(COc1cccc(B2OC(C)(C)C(C)(C)O2)c1)OCC. The van der Waals surface area contributed by atoms with E-state index in [-0.39, 0.29) is 6.35 Å². The number of rotatable bonds is 8. The van der Waals surface area contributed by atoms with Crippen LogP contribution < -0.4 is 10.2 Å². The van der Waals surface area contributed by atoms with Gasteiger partial charge in [0.1, 0.15) is 5.75 Å². The zero-order chi connectivity index (χ0) is 18.7. The molecule has 0 radical (unpaired) electrons.